The van der Waals surface area contributed by atoms with Crippen molar-refractivity contribution in [2.24, 2.45) is 0 Å². The molecule has 0 atom stereocenters. The Morgan fingerprint density at radius 2 is 1.67 bits per heavy atom. The van der Waals surface area contributed by atoms with Crippen LogP contribution in [0.4, 0.5) is 0 Å². The molecule has 0 bridgehead atoms. The van der Waals surface area contributed by atoms with E-state index in [0.29, 0.717) is 17.3 Å². The SMILES string of the molecule is Cc1ccc(-c2nnc(CCC(=O)NNC(=O)c3cc(C)n(-c4ccccc4)c3C)o2)cc1. The van der Waals surface area contributed by atoms with Gasteiger partial charge in [-0.15, -0.1) is 10.2 Å². The molecule has 4 aromatic rings. The van der Waals surface area contributed by atoms with Crippen LogP contribution in [0.2, 0.25) is 0 Å². The number of nitrogens with one attached hydrogen (secondary N) is 2. The van der Waals surface area contributed by atoms with Gasteiger partial charge in [-0.05, 0) is 51.1 Å². The highest BCUT2D eigenvalue weighted by molar-refractivity contribution is 5.97. The van der Waals surface area contributed by atoms with Crippen molar-refractivity contribution >= 4 is 11.8 Å². The van der Waals surface area contributed by atoms with Crippen molar-refractivity contribution in [3.05, 3.63) is 89.1 Å². The monoisotopic (exact) mass is 443 g/mol. The molecule has 0 aliphatic rings. The first-order valence-corrected chi connectivity index (χ1v) is 10.7. The second-order valence-electron chi connectivity index (χ2n) is 7.83. The third kappa shape index (κ3) is 5.01. The molecule has 0 unspecified atom stereocenters. The van der Waals surface area contributed by atoms with Gasteiger partial charge in [-0.25, -0.2) is 0 Å². The number of hydrogen-bond donors (Lipinski definition) is 2. The fourth-order valence-corrected chi connectivity index (χ4v) is 3.61. The number of carbonyl (C=O) groups excluding carboxylic acids is 2. The van der Waals surface area contributed by atoms with E-state index in [1.807, 2.05) is 79.9 Å². The average Bonchev–Trinajstić information content (AvgIpc) is 3.41. The van der Waals surface area contributed by atoms with Gasteiger partial charge >= 0.3 is 0 Å². The Kier molecular flexibility index (Phi) is 6.35. The summed E-state index contributed by atoms with van der Waals surface area (Å²) in [7, 11) is 0. The summed E-state index contributed by atoms with van der Waals surface area (Å²) in [6, 6.07) is 19.3. The topological polar surface area (TPSA) is 102 Å². The maximum Gasteiger partial charge on any atom is 0.271 e. The van der Waals surface area contributed by atoms with Crippen LogP contribution in [0.25, 0.3) is 17.1 Å². The normalized spacial score (nSPS) is 10.8. The molecule has 168 valence electrons. The van der Waals surface area contributed by atoms with Gasteiger partial charge in [-0.3, -0.25) is 20.4 Å². The van der Waals surface area contributed by atoms with Gasteiger partial charge in [-0.2, -0.15) is 0 Å². The van der Waals surface area contributed by atoms with Crippen molar-refractivity contribution in [2.75, 3.05) is 0 Å². The van der Waals surface area contributed by atoms with Crippen LogP contribution >= 0.6 is 0 Å². The van der Waals surface area contributed by atoms with E-state index in [0.717, 1.165) is 28.2 Å². The van der Waals surface area contributed by atoms with Gasteiger partial charge in [0.25, 0.3) is 5.91 Å². The molecule has 2 aromatic carbocycles. The lowest BCUT2D eigenvalue weighted by atomic mass is 10.1. The van der Waals surface area contributed by atoms with Crippen molar-refractivity contribution in [3.8, 4) is 17.1 Å². The summed E-state index contributed by atoms with van der Waals surface area (Å²) >= 11 is 0. The number of hydrogen-bond acceptors (Lipinski definition) is 5. The third-order valence-electron chi connectivity index (χ3n) is 5.34. The highest BCUT2D eigenvalue weighted by Gasteiger charge is 2.17. The van der Waals surface area contributed by atoms with E-state index >= 15 is 0 Å². The Morgan fingerprint density at radius 1 is 0.939 bits per heavy atom. The summed E-state index contributed by atoms with van der Waals surface area (Å²) < 4.78 is 7.63. The van der Waals surface area contributed by atoms with Gasteiger partial charge in [0.05, 0.1) is 5.56 Å². The molecule has 33 heavy (non-hydrogen) atoms. The molecule has 0 radical (unpaired) electrons. The van der Waals surface area contributed by atoms with E-state index in [1.54, 1.807) is 6.07 Å². The Hall–Kier alpha value is -4.20. The average molecular weight is 444 g/mol. The molecule has 0 saturated heterocycles. The number of aromatic nitrogens is 3. The van der Waals surface area contributed by atoms with Crippen molar-refractivity contribution in [1.82, 2.24) is 25.6 Å². The number of hydrazine groups is 1. The van der Waals surface area contributed by atoms with Crippen LogP contribution in [-0.2, 0) is 11.2 Å². The number of carbonyl (C=O) groups is 2. The van der Waals surface area contributed by atoms with Crippen molar-refractivity contribution < 1.29 is 14.0 Å². The predicted octanol–water partition coefficient (Wildman–Crippen LogP) is 3.85. The number of benzene rings is 2. The molecule has 2 heterocycles. The minimum absolute atomic E-state index is 0.0961. The maximum atomic E-state index is 12.6. The van der Waals surface area contributed by atoms with Gasteiger partial charge in [0.1, 0.15) is 0 Å². The first kappa shape index (κ1) is 22.0. The highest BCUT2D eigenvalue weighted by Crippen LogP contribution is 2.21. The number of para-hydroxylation sites is 1. The zero-order chi connectivity index (χ0) is 23.4. The molecule has 2 aromatic heterocycles. The maximum absolute atomic E-state index is 12.6. The highest BCUT2D eigenvalue weighted by atomic mass is 16.4. The van der Waals surface area contributed by atoms with Crippen LogP contribution < -0.4 is 10.9 Å². The zero-order valence-corrected chi connectivity index (χ0v) is 18.8. The third-order valence-corrected chi connectivity index (χ3v) is 5.34. The Morgan fingerprint density at radius 3 is 2.39 bits per heavy atom. The summed E-state index contributed by atoms with van der Waals surface area (Å²) in [6.07, 6.45) is 0.363. The summed E-state index contributed by atoms with van der Waals surface area (Å²) in [6.45, 7) is 5.81. The van der Waals surface area contributed by atoms with Crippen molar-refractivity contribution in [1.29, 1.82) is 0 Å². The van der Waals surface area contributed by atoms with E-state index in [1.165, 1.54) is 0 Å². The number of rotatable bonds is 6. The zero-order valence-electron chi connectivity index (χ0n) is 18.8. The van der Waals surface area contributed by atoms with E-state index < -0.39 is 0 Å². The second kappa shape index (κ2) is 9.52. The van der Waals surface area contributed by atoms with E-state index in [4.69, 9.17) is 4.42 Å². The van der Waals surface area contributed by atoms with Crippen LogP contribution in [0, 0.1) is 20.8 Å². The predicted molar refractivity (Wildman–Crippen MR) is 124 cm³/mol. The van der Waals surface area contributed by atoms with Gasteiger partial charge in [0.2, 0.25) is 17.7 Å². The van der Waals surface area contributed by atoms with Crippen molar-refractivity contribution in [3.63, 3.8) is 0 Å². The largest absolute Gasteiger partial charge is 0.421 e. The Labute approximate surface area is 191 Å². The molecular weight excluding hydrogens is 418 g/mol. The van der Waals surface area contributed by atoms with E-state index in [-0.39, 0.29) is 24.7 Å². The van der Waals surface area contributed by atoms with Gasteiger partial charge in [0, 0.05) is 35.5 Å². The molecule has 8 nitrogen and oxygen atoms in total. The van der Waals surface area contributed by atoms with Gasteiger partial charge < -0.3 is 8.98 Å². The molecule has 0 spiro atoms. The van der Waals surface area contributed by atoms with Crippen LogP contribution in [0.1, 0.15) is 39.6 Å². The quantitative estimate of drug-likeness (QED) is 0.441. The fourth-order valence-electron chi connectivity index (χ4n) is 3.61. The number of aryl methyl sites for hydroxylation is 3. The summed E-state index contributed by atoms with van der Waals surface area (Å²) in [5.41, 5.74) is 10.1. The van der Waals surface area contributed by atoms with Crippen molar-refractivity contribution in [2.45, 2.75) is 33.6 Å². The minimum atomic E-state index is -0.377. The lowest BCUT2D eigenvalue weighted by Gasteiger charge is -2.10. The molecule has 0 saturated carbocycles. The number of amides is 2. The summed E-state index contributed by atoms with van der Waals surface area (Å²) in [5, 5.41) is 8.03. The van der Waals surface area contributed by atoms with Gasteiger partial charge in [0.15, 0.2) is 0 Å². The first-order chi connectivity index (χ1) is 15.9. The van der Waals surface area contributed by atoms with Gasteiger partial charge in [-0.1, -0.05) is 35.9 Å². The smallest absolute Gasteiger partial charge is 0.271 e. The lowest BCUT2D eigenvalue weighted by Crippen LogP contribution is -2.41. The molecule has 4 rings (SSSR count). The van der Waals surface area contributed by atoms with Crippen LogP contribution in [0.5, 0.6) is 0 Å². The summed E-state index contributed by atoms with van der Waals surface area (Å²) in [4.78, 5) is 24.9. The van der Waals surface area contributed by atoms with Crippen LogP contribution in [0.15, 0.2) is 65.1 Å². The van der Waals surface area contributed by atoms with Crippen LogP contribution in [-0.4, -0.2) is 26.6 Å². The van der Waals surface area contributed by atoms with E-state index in [2.05, 4.69) is 21.0 Å². The minimum Gasteiger partial charge on any atom is -0.421 e. The molecule has 2 N–H and O–H groups in total. The standard InChI is InChI=1S/C25H25N5O3/c1-16-9-11-19(12-10-16)25-29-27-23(33-25)14-13-22(31)26-28-24(32)21-15-17(2)30(18(21)3)20-7-5-4-6-8-20/h4-12,15H,13-14H2,1-3H3,(H,26,31)(H,28,32). The molecule has 0 aliphatic carbocycles. The molecule has 0 aliphatic heterocycles. The molecule has 2 amide bonds. The van der Waals surface area contributed by atoms with E-state index in [9.17, 15) is 9.59 Å². The summed E-state index contributed by atoms with van der Waals surface area (Å²) in [5.74, 6) is 0.0410. The molecular formula is C25H25N5O3. The number of nitrogens with zero attached hydrogens (tertiary/aromatic N) is 3. The lowest BCUT2D eigenvalue weighted by molar-refractivity contribution is -0.121. The Bertz CT molecular complexity index is 1270. The second-order valence-corrected chi connectivity index (χ2v) is 7.83. The molecule has 0 fully saturated rings. The van der Waals surface area contributed by atoms with Crippen LogP contribution in [0.3, 0.4) is 0 Å². The first-order valence-electron chi connectivity index (χ1n) is 10.7. The fraction of sp³-hybridized carbons (Fsp3) is 0.200. The molecule has 8 heteroatoms. The Balaban J connectivity index is 1.32.